The molecule has 1 fully saturated rings. The van der Waals surface area contributed by atoms with Crippen LogP contribution in [0.4, 0.5) is 0 Å². The second kappa shape index (κ2) is 6.34. The van der Waals surface area contributed by atoms with E-state index >= 15 is 0 Å². The molecule has 0 spiro atoms. The first kappa shape index (κ1) is 15.0. The standard InChI is InChI=1S/C14H16O7/c1-17-10-7-12(19-3)11(18-2)6-8(10)13(15)21-9-4-5-20-14(9)16/h6-7,9H,4-5H2,1-3H3. The van der Waals surface area contributed by atoms with E-state index in [1.54, 1.807) is 0 Å². The zero-order valence-corrected chi connectivity index (χ0v) is 12.0. The second-order valence-electron chi connectivity index (χ2n) is 4.26. The van der Waals surface area contributed by atoms with Gasteiger partial charge >= 0.3 is 11.9 Å². The predicted octanol–water partition coefficient (Wildman–Crippen LogP) is 1.18. The van der Waals surface area contributed by atoms with Gasteiger partial charge in [-0.2, -0.15) is 0 Å². The van der Waals surface area contributed by atoms with Crippen LogP contribution < -0.4 is 14.2 Å². The smallest absolute Gasteiger partial charge is 0.347 e. The Kier molecular flexibility index (Phi) is 4.52. The molecule has 21 heavy (non-hydrogen) atoms. The molecular formula is C14H16O7. The van der Waals surface area contributed by atoms with Crippen LogP contribution in [0.15, 0.2) is 12.1 Å². The monoisotopic (exact) mass is 296 g/mol. The summed E-state index contributed by atoms with van der Waals surface area (Å²) in [6.07, 6.45) is -0.532. The summed E-state index contributed by atoms with van der Waals surface area (Å²) in [4.78, 5) is 23.5. The summed E-state index contributed by atoms with van der Waals surface area (Å²) in [5.41, 5.74) is 0.148. The fraction of sp³-hybridized carbons (Fsp3) is 0.429. The molecule has 0 aliphatic carbocycles. The highest BCUT2D eigenvalue weighted by molar-refractivity contribution is 5.95. The minimum atomic E-state index is -0.879. The molecule has 1 atom stereocenters. The third kappa shape index (κ3) is 3.01. The molecule has 114 valence electrons. The quantitative estimate of drug-likeness (QED) is 0.755. The molecule has 1 aliphatic heterocycles. The third-order valence-corrected chi connectivity index (χ3v) is 3.06. The number of hydrogen-bond acceptors (Lipinski definition) is 7. The highest BCUT2D eigenvalue weighted by Gasteiger charge is 2.31. The van der Waals surface area contributed by atoms with Gasteiger partial charge in [0.15, 0.2) is 11.5 Å². The zero-order chi connectivity index (χ0) is 15.4. The third-order valence-electron chi connectivity index (χ3n) is 3.06. The van der Waals surface area contributed by atoms with Gasteiger partial charge in [-0.05, 0) is 0 Å². The second-order valence-corrected chi connectivity index (χ2v) is 4.26. The van der Waals surface area contributed by atoms with Gasteiger partial charge in [-0.15, -0.1) is 0 Å². The molecule has 1 aromatic carbocycles. The number of carbonyl (C=O) groups is 2. The van der Waals surface area contributed by atoms with Gasteiger partial charge in [0.25, 0.3) is 0 Å². The lowest BCUT2D eigenvalue weighted by Gasteiger charge is -2.14. The normalized spacial score (nSPS) is 17.1. The van der Waals surface area contributed by atoms with Crippen LogP contribution in [0.3, 0.4) is 0 Å². The highest BCUT2D eigenvalue weighted by atomic mass is 16.6. The summed E-state index contributed by atoms with van der Waals surface area (Å²) in [7, 11) is 4.35. The van der Waals surface area contributed by atoms with Gasteiger partial charge in [-0.25, -0.2) is 9.59 Å². The number of carbonyl (C=O) groups excluding carboxylic acids is 2. The Labute approximate surface area is 121 Å². The molecule has 0 saturated carbocycles. The molecule has 1 unspecified atom stereocenters. The molecule has 1 heterocycles. The van der Waals surface area contributed by atoms with E-state index < -0.39 is 18.0 Å². The van der Waals surface area contributed by atoms with Gasteiger partial charge < -0.3 is 23.7 Å². The molecule has 1 aliphatic rings. The van der Waals surface area contributed by atoms with Crippen molar-refractivity contribution >= 4 is 11.9 Å². The van der Waals surface area contributed by atoms with Crippen molar-refractivity contribution < 1.29 is 33.3 Å². The number of benzene rings is 1. The van der Waals surface area contributed by atoms with Crippen LogP contribution in [0.2, 0.25) is 0 Å². The van der Waals surface area contributed by atoms with Crippen LogP contribution in [0.5, 0.6) is 17.2 Å². The van der Waals surface area contributed by atoms with Crippen LogP contribution in [0.1, 0.15) is 16.8 Å². The average Bonchev–Trinajstić information content (AvgIpc) is 2.90. The van der Waals surface area contributed by atoms with E-state index in [0.29, 0.717) is 17.9 Å². The van der Waals surface area contributed by atoms with Gasteiger partial charge in [0.05, 0.1) is 27.9 Å². The molecule has 0 radical (unpaired) electrons. The summed E-state index contributed by atoms with van der Waals surface area (Å²) in [5.74, 6) is -0.172. The van der Waals surface area contributed by atoms with Crippen LogP contribution in [-0.4, -0.2) is 46.0 Å². The van der Waals surface area contributed by atoms with E-state index in [9.17, 15) is 9.59 Å². The molecular weight excluding hydrogens is 280 g/mol. The first-order chi connectivity index (χ1) is 10.1. The summed E-state index contributed by atoms with van der Waals surface area (Å²) in [6.45, 7) is 0.250. The van der Waals surface area contributed by atoms with Gasteiger partial charge in [0.1, 0.15) is 11.3 Å². The largest absolute Gasteiger partial charge is 0.496 e. The number of rotatable bonds is 5. The van der Waals surface area contributed by atoms with Crippen LogP contribution >= 0.6 is 0 Å². The van der Waals surface area contributed by atoms with E-state index in [1.807, 2.05) is 0 Å². The zero-order valence-electron chi connectivity index (χ0n) is 12.0. The lowest BCUT2D eigenvalue weighted by atomic mass is 10.1. The lowest BCUT2D eigenvalue weighted by molar-refractivity contribution is -0.145. The summed E-state index contributed by atoms with van der Waals surface area (Å²) < 4.78 is 25.3. The Morgan fingerprint density at radius 1 is 1.10 bits per heavy atom. The van der Waals surface area contributed by atoms with Gasteiger partial charge in [-0.1, -0.05) is 0 Å². The van der Waals surface area contributed by atoms with E-state index in [4.69, 9.17) is 23.7 Å². The van der Waals surface area contributed by atoms with Crippen LogP contribution in [0, 0.1) is 0 Å². The van der Waals surface area contributed by atoms with Crippen molar-refractivity contribution in [1.82, 2.24) is 0 Å². The van der Waals surface area contributed by atoms with Crippen LogP contribution in [0.25, 0.3) is 0 Å². The number of hydrogen-bond donors (Lipinski definition) is 0. The first-order valence-corrected chi connectivity index (χ1v) is 6.28. The fourth-order valence-corrected chi connectivity index (χ4v) is 1.97. The number of ether oxygens (including phenoxy) is 5. The Morgan fingerprint density at radius 2 is 1.71 bits per heavy atom. The summed E-state index contributed by atoms with van der Waals surface area (Å²) >= 11 is 0. The number of esters is 2. The number of methoxy groups -OCH3 is 3. The first-order valence-electron chi connectivity index (χ1n) is 6.28. The minimum Gasteiger partial charge on any atom is -0.496 e. The Bertz CT molecular complexity index is 552. The lowest BCUT2D eigenvalue weighted by Crippen LogP contribution is -2.23. The highest BCUT2D eigenvalue weighted by Crippen LogP contribution is 2.35. The van der Waals surface area contributed by atoms with Gasteiger partial charge in [0, 0.05) is 18.6 Å². The predicted molar refractivity (Wildman–Crippen MR) is 70.9 cm³/mol. The molecule has 7 nitrogen and oxygen atoms in total. The maximum absolute atomic E-state index is 12.2. The molecule has 2 rings (SSSR count). The SMILES string of the molecule is COc1cc(OC)c(C(=O)OC2CCOC2=O)cc1OC. The fourth-order valence-electron chi connectivity index (χ4n) is 1.97. The maximum atomic E-state index is 12.2. The van der Waals surface area contributed by atoms with Gasteiger partial charge in [0.2, 0.25) is 6.10 Å². The Balaban J connectivity index is 2.28. The van der Waals surface area contributed by atoms with Crippen molar-refractivity contribution in [3.05, 3.63) is 17.7 Å². The molecule has 0 N–H and O–H groups in total. The Hall–Kier alpha value is -2.44. The van der Waals surface area contributed by atoms with Crippen molar-refractivity contribution in [1.29, 1.82) is 0 Å². The van der Waals surface area contributed by atoms with Crippen molar-refractivity contribution in [2.24, 2.45) is 0 Å². The molecule has 0 aromatic heterocycles. The van der Waals surface area contributed by atoms with Crippen molar-refractivity contribution in [3.8, 4) is 17.2 Å². The summed E-state index contributed by atoms with van der Waals surface area (Å²) in [6, 6.07) is 2.96. The number of cyclic esters (lactones) is 1. The average molecular weight is 296 g/mol. The maximum Gasteiger partial charge on any atom is 0.347 e. The van der Waals surface area contributed by atoms with Crippen LogP contribution in [-0.2, 0) is 14.3 Å². The van der Waals surface area contributed by atoms with Crippen molar-refractivity contribution in [2.75, 3.05) is 27.9 Å². The topological polar surface area (TPSA) is 80.3 Å². The Morgan fingerprint density at radius 3 is 2.24 bits per heavy atom. The van der Waals surface area contributed by atoms with Gasteiger partial charge in [-0.3, -0.25) is 0 Å². The van der Waals surface area contributed by atoms with E-state index in [-0.39, 0.29) is 17.9 Å². The minimum absolute atomic E-state index is 0.148. The molecule has 7 heteroatoms. The van der Waals surface area contributed by atoms with E-state index in [2.05, 4.69) is 0 Å². The molecule has 1 aromatic rings. The molecule has 0 bridgehead atoms. The van der Waals surface area contributed by atoms with E-state index in [1.165, 1.54) is 33.5 Å². The molecule has 1 saturated heterocycles. The summed E-state index contributed by atoms with van der Waals surface area (Å²) in [5, 5.41) is 0. The van der Waals surface area contributed by atoms with E-state index in [0.717, 1.165) is 0 Å². The molecule has 0 amide bonds. The van der Waals surface area contributed by atoms with Crippen molar-refractivity contribution in [2.45, 2.75) is 12.5 Å². The van der Waals surface area contributed by atoms with Crippen molar-refractivity contribution in [3.63, 3.8) is 0 Å².